The van der Waals surface area contributed by atoms with Crippen molar-refractivity contribution in [3.63, 3.8) is 0 Å². The van der Waals surface area contributed by atoms with E-state index in [1.165, 1.54) is 44.9 Å². The number of nitrogens with two attached hydrogens (primary N) is 2. The van der Waals surface area contributed by atoms with Gasteiger partial charge in [0.2, 0.25) is 0 Å². The molecule has 0 aromatic carbocycles. The molecule has 0 bridgehead atoms. The Labute approximate surface area is 107 Å². The van der Waals surface area contributed by atoms with Crippen molar-refractivity contribution in [2.24, 2.45) is 35.1 Å². The molecule has 2 nitrogen and oxygen atoms in total. The minimum atomic E-state index is 0.445. The van der Waals surface area contributed by atoms with Crippen LogP contribution in [0, 0.1) is 23.7 Å². The van der Waals surface area contributed by atoms with Gasteiger partial charge in [-0.25, -0.2) is 0 Å². The molecule has 2 saturated carbocycles. The van der Waals surface area contributed by atoms with Crippen LogP contribution in [0.4, 0.5) is 0 Å². The summed E-state index contributed by atoms with van der Waals surface area (Å²) in [6.07, 6.45) is 9.26. The first-order valence-corrected chi connectivity index (χ1v) is 7.59. The highest BCUT2D eigenvalue weighted by Crippen LogP contribution is 2.40. The molecule has 0 spiro atoms. The second kappa shape index (κ2) is 5.71. The first-order valence-electron chi connectivity index (χ1n) is 7.59. The van der Waals surface area contributed by atoms with Crippen molar-refractivity contribution >= 4 is 0 Å². The largest absolute Gasteiger partial charge is 0.328 e. The van der Waals surface area contributed by atoms with Crippen LogP contribution < -0.4 is 11.5 Å². The van der Waals surface area contributed by atoms with Crippen LogP contribution >= 0.6 is 0 Å². The molecule has 0 saturated heterocycles. The number of hydrogen-bond acceptors (Lipinski definition) is 2. The standard InChI is InChI=1S/C15H30N2/c1-10-11(2)15(17)8-5-13(10)9-12-3-6-14(16)7-4-12/h10-15H,3-9,16-17H2,1-2H3. The van der Waals surface area contributed by atoms with Crippen LogP contribution in [0.3, 0.4) is 0 Å². The summed E-state index contributed by atoms with van der Waals surface area (Å²) in [5.41, 5.74) is 12.1. The van der Waals surface area contributed by atoms with Crippen LogP contribution in [0.15, 0.2) is 0 Å². The van der Waals surface area contributed by atoms with Gasteiger partial charge in [0.15, 0.2) is 0 Å². The van der Waals surface area contributed by atoms with E-state index in [9.17, 15) is 0 Å². The smallest absolute Gasteiger partial charge is 0.00672 e. The lowest BCUT2D eigenvalue weighted by Gasteiger charge is -2.40. The van der Waals surface area contributed by atoms with Crippen LogP contribution in [0.2, 0.25) is 0 Å². The topological polar surface area (TPSA) is 52.0 Å². The summed E-state index contributed by atoms with van der Waals surface area (Å²) < 4.78 is 0. The molecule has 2 fully saturated rings. The molecule has 4 unspecified atom stereocenters. The summed E-state index contributed by atoms with van der Waals surface area (Å²) in [5.74, 6) is 3.39. The summed E-state index contributed by atoms with van der Waals surface area (Å²) in [6.45, 7) is 4.77. The SMILES string of the molecule is CC1C(N)CCC(CC2CCC(N)CC2)C1C. The molecule has 0 aromatic heterocycles. The molecule has 100 valence electrons. The van der Waals surface area contributed by atoms with Gasteiger partial charge in [-0.05, 0) is 68.6 Å². The van der Waals surface area contributed by atoms with Crippen LogP contribution in [-0.4, -0.2) is 12.1 Å². The molecular formula is C15H30N2. The lowest BCUT2D eigenvalue weighted by atomic mass is 9.67. The van der Waals surface area contributed by atoms with Gasteiger partial charge in [-0.1, -0.05) is 13.8 Å². The van der Waals surface area contributed by atoms with Gasteiger partial charge in [0, 0.05) is 12.1 Å². The second-order valence-electron chi connectivity index (χ2n) is 6.74. The Morgan fingerprint density at radius 2 is 1.47 bits per heavy atom. The fourth-order valence-electron chi connectivity index (χ4n) is 3.94. The van der Waals surface area contributed by atoms with Crippen LogP contribution in [-0.2, 0) is 0 Å². The highest BCUT2D eigenvalue weighted by Gasteiger charge is 2.33. The molecular weight excluding hydrogens is 208 g/mol. The molecule has 4 atom stereocenters. The van der Waals surface area contributed by atoms with Crippen molar-refractivity contribution in [1.29, 1.82) is 0 Å². The Morgan fingerprint density at radius 3 is 2.12 bits per heavy atom. The summed E-state index contributed by atoms with van der Waals surface area (Å²) in [4.78, 5) is 0. The van der Waals surface area contributed by atoms with Crippen molar-refractivity contribution in [3.05, 3.63) is 0 Å². The zero-order chi connectivity index (χ0) is 12.4. The van der Waals surface area contributed by atoms with E-state index in [4.69, 9.17) is 11.5 Å². The maximum absolute atomic E-state index is 6.17. The van der Waals surface area contributed by atoms with Crippen molar-refractivity contribution in [3.8, 4) is 0 Å². The van der Waals surface area contributed by atoms with E-state index in [2.05, 4.69) is 13.8 Å². The third kappa shape index (κ3) is 3.23. The van der Waals surface area contributed by atoms with E-state index in [1.54, 1.807) is 0 Å². The van der Waals surface area contributed by atoms with Crippen molar-refractivity contribution in [2.45, 2.75) is 70.9 Å². The summed E-state index contributed by atoms with van der Waals surface area (Å²) in [6, 6.07) is 0.934. The van der Waals surface area contributed by atoms with Gasteiger partial charge < -0.3 is 11.5 Å². The maximum Gasteiger partial charge on any atom is 0.00672 e. The Hall–Kier alpha value is -0.0800. The van der Waals surface area contributed by atoms with Gasteiger partial charge in [-0.2, -0.15) is 0 Å². The molecule has 0 heterocycles. The van der Waals surface area contributed by atoms with E-state index < -0.39 is 0 Å². The highest BCUT2D eigenvalue weighted by atomic mass is 14.7. The molecule has 2 aliphatic rings. The predicted octanol–water partition coefficient (Wildman–Crippen LogP) is 2.90. The molecule has 0 aliphatic heterocycles. The van der Waals surface area contributed by atoms with Gasteiger partial charge in [0.25, 0.3) is 0 Å². The van der Waals surface area contributed by atoms with Crippen LogP contribution in [0.1, 0.15) is 58.8 Å². The quantitative estimate of drug-likeness (QED) is 0.777. The third-order valence-corrected chi connectivity index (χ3v) is 5.65. The maximum atomic E-state index is 6.17. The Kier molecular flexibility index (Phi) is 4.48. The number of rotatable bonds is 2. The fraction of sp³-hybridized carbons (Fsp3) is 1.00. The highest BCUT2D eigenvalue weighted by molar-refractivity contribution is 4.87. The average molecular weight is 238 g/mol. The lowest BCUT2D eigenvalue weighted by molar-refractivity contribution is 0.122. The summed E-state index contributed by atoms with van der Waals surface area (Å²) >= 11 is 0. The molecule has 0 amide bonds. The molecule has 2 aliphatic carbocycles. The van der Waals surface area contributed by atoms with Gasteiger partial charge >= 0.3 is 0 Å². The van der Waals surface area contributed by atoms with E-state index in [-0.39, 0.29) is 0 Å². The zero-order valence-electron chi connectivity index (χ0n) is 11.6. The first-order chi connectivity index (χ1) is 8.08. The summed E-state index contributed by atoms with van der Waals surface area (Å²) in [5, 5.41) is 0. The molecule has 2 heteroatoms. The first kappa shape index (κ1) is 13.4. The molecule has 4 N–H and O–H groups in total. The molecule has 0 radical (unpaired) electrons. The lowest BCUT2D eigenvalue weighted by Crippen LogP contribution is -2.41. The monoisotopic (exact) mass is 238 g/mol. The average Bonchev–Trinajstić information content (AvgIpc) is 2.33. The minimum absolute atomic E-state index is 0.445. The number of hydrogen-bond donors (Lipinski definition) is 2. The van der Waals surface area contributed by atoms with E-state index in [0.29, 0.717) is 18.0 Å². The predicted molar refractivity (Wildman–Crippen MR) is 73.6 cm³/mol. The minimum Gasteiger partial charge on any atom is -0.328 e. The van der Waals surface area contributed by atoms with Gasteiger partial charge in [-0.3, -0.25) is 0 Å². The summed E-state index contributed by atoms with van der Waals surface area (Å²) in [7, 11) is 0. The van der Waals surface area contributed by atoms with Crippen LogP contribution in [0.5, 0.6) is 0 Å². The Morgan fingerprint density at radius 1 is 0.824 bits per heavy atom. The van der Waals surface area contributed by atoms with Crippen molar-refractivity contribution in [2.75, 3.05) is 0 Å². The van der Waals surface area contributed by atoms with Crippen LogP contribution in [0.25, 0.3) is 0 Å². The van der Waals surface area contributed by atoms with E-state index >= 15 is 0 Å². The van der Waals surface area contributed by atoms with Gasteiger partial charge in [0.1, 0.15) is 0 Å². The normalized spacial score (nSPS) is 48.0. The third-order valence-electron chi connectivity index (χ3n) is 5.65. The van der Waals surface area contributed by atoms with E-state index in [0.717, 1.165) is 17.8 Å². The Bertz CT molecular complexity index is 233. The van der Waals surface area contributed by atoms with Crippen molar-refractivity contribution < 1.29 is 0 Å². The molecule has 2 rings (SSSR count). The fourth-order valence-corrected chi connectivity index (χ4v) is 3.94. The van der Waals surface area contributed by atoms with Gasteiger partial charge in [-0.15, -0.1) is 0 Å². The van der Waals surface area contributed by atoms with E-state index in [1.807, 2.05) is 0 Å². The zero-order valence-corrected chi connectivity index (χ0v) is 11.6. The Balaban J connectivity index is 1.82. The van der Waals surface area contributed by atoms with Gasteiger partial charge in [0.05, 0.1) is 0 Å². The van der Waals surface area contributed by atoms with Crippen molar-refractivity contribution in [1.82, 2.24) is 0 Å². The molecule has 17 heavy (non-hydrogen) atoms. The molecule has 0 aromatic rings. The second-order valence-corrected chi connectivity index (χ2v) is 6.74.